The molecular weight excluding hydrogens is 514 g/mol. The van der Waals surface area contributed by atoms with Gasteiger partial charge in [0.2, 0.25) is 0 Å². The number of aromatic nitrogens is 1. The van der Waals surface area contributed by atoms with Gasteiger partial charge in [-0.2, -0.15) is 0 Å². The number of para-hydroxylation sites is 2. The van der Waals surface area contributed by atoms with E-state index in [2.05, 4.69) is 26.6 Å². The number of fused-ring (bicyclic) bond motifs is 1. The van der Waals surface area contributed by atoms with Gasteiger partial charge in [0.05, 0.1) is 16.8 Å². The van der Waals surface area contributed by atoms with Crippen molar-refractivity contribution in [1.82, 2.24) is 4.98 Å². The third-order valence-corrected chi connectivity index (χ3v) is 6.37. The van der Waals surface area contributed by atoms with Crippen LogP contribution in [-0.2, 0) is 0 Å². The highest BCUT2D eigenvalue weighted by Gasteiger charge is 2.16. The molecule has 1 heterocycles. The number of anilines is 2. The summed E-state index contributed by atoms with van der Waals surface area (Å²) in [5.41, 5.74) is 5.59. The second-order valence-electron chi connectivity index (χ2n) is 8.39. The molecule has 5 aromatic rings. The molecule has 0 fully saturated rings. The third kappa shape index (κ3) is 5.04. The largest absolute Gasteiger partial charge is 0.322 e. The third-order valence-electron chi connectivity index (χ3n) is 5.84. The number of rotatable bonds is 5. The minimum atomic E-state index is -0.271. The zero-order valence-electron chi connectivity index (χ0n) is 19.5. The molecule has 0 spiro atoms. The van der Waals surface area contributed by atoms with E-state index in [1.165, 1.54) is 0 Å². The lowest BCUT2D eigenvalue weighted by Crippen LogP contribution is -2.15. The van der Waals surface area contributed by atoms with Gasteiger partial charge < -0.3 is 10.6 Å². The van der Waals surface area contributed by atoms with Gasteiger partial charge in [-0.25, -0.2) is 4.98 Å². The monoisotopic (exact) mass is 535 g/mol. The van der Waals surface area contributed by atoms with Gasteiger partial charge in [0, 0.05) is 32.4 Å². The number of aryl methyl sites for hydroxylation is 1. The Bertz CT molecular complexity index is 1580. The van der Waals surface area contributed by atoms with Gasteiger partial charge in [-0.05, 0) is 61.0 Å². The summed E-state index contributed by atoms with van der Waals surface area (Å²) in [6.45, 7) is 1.98. The molecule has 0 saturated carbocycles. The number of hydrogen-bond acceptors (Lipinski definition) is 3. The van der Waals surface area contributed by atoms with Gasteiger partial charge in [0.15, 0.2) is 0 Å². The number of carbonyl (C=O) groups excluding carboxylic acids is 2. The Morgan fingerprint density at radius 2 is 1.42 bits per heavy atom. The number of pyridine rings is 1. The number of carbonyl (C=O) groups is 2. The zero-order chi connectivity index (χ0) is 25.1. The lowest BCUT2D eigenvalue weighted by molar-refractivity contribution is 0.101. The highest BCUT2D eigenvalue weighted by Crippen LogP contribution is 2.28. The topological polar surface area (TPSA) is 71.1 Å². The van der Waals surface area contributed by atoms with Crippen LogP contribution < -0.4 is 10.6 Å². The van der Waals surface area contributed by atoms with Crippen molar-refractivity contribution >= 4 is 50.0 Å². The van der Waals surface area contributed by atoms with Crippen molar-refractivity contribution in [2.45, 2.75) is 6.92 Å². The van der Waals surface area contributed by atoms with Crippen LogP contribution in [0.25, 0.3) is 22.2 Å². The number of nitrogens with zero attached hydrogens (tertiary/aromatic N) is 1. The molecule has 4 aromatic carbocycles. The second kappa shape index (κ2) is 10.1. The predicted molar refractivity (Wildman–Crippen MR) is 148 cm³/mol. The molecule has 0 aliphatic heterocycles. The van der Waals surface area contributed by atoms with Gasteiger partial charge in [-0.3, -0.25) is 9.59 Å². The Morgan fingerprint density at radius 1 is 0.722 bits per heavy atom. The number of hydrogen-bond donors (Lipinski definition) is 2. The summed E-state index contributed by atoms with van der Waals surface area (Å²) in [6, 6.07) is 31.6. The summed E-state index contributed by atoms with van der Waals surface area (Å²) in [5, 5.41) is 6.60. The highest BCUT2D eigenvalue weighted by molar-refractivity contribution is 9.10. The molecule has 6 heteroatoms. The summed E-state index contributed by atoms with van der Waals surface area (Å²) < 4.78 is 0.970. The van der Waals surface area contributed by atoms with Crippen LogP contribution in [0.5, 0.6) is 0 Å². The van der Waals surface area contributed by atoms with Crippen molar-refractivity contribution in [3.63, 3.8) is 0 Å². The van der Waals surface area contributed by atoms with E-state index in [1.807, 2.05) is 85.8 Å². The van der Waals surface area contributed by atoms with Crippen molar-refractivity contribution in [1.29, 1.82) is 0 Å². The van der Waals surface area contributed by atoms with Gasteiger partial charge in [0.25, 0.3) is 11.8 Å². The maximum Gasteiger partial charge on any atom is 0.256 e. The van der Waals surface area contributed by atoms with Crippen molar-refractivity contribution in [3.8, 4) is 11.3 Å². The summed E-state index contributed by atoms with van der Waals surface area (Å²) in [6.07, 6.45) is 0. The fourth-order valence-electron chi connectivity index (χ4n) is 4.01. The van der Waals surface area contributed by atoms with E-state index >= 15 is 0 Å². The minimum Gasteiger partial charge on any atom is -0.322 e. The average molecular weight is 536 g/mol. The molecule has 1 aromatic heterocycles. The maximum atomic E-state index is 13.5. The zero-order valence-corrected chi connectivity index (χ0v) is 21.0. The van der Waals surface area contributed by atoms with Gasteiger partial charge in [-0.15, -0.1) is 0 Å². The van der Waals surface area contributed by atoms with Crippen LogP contribution in [0.15, 0.2) is 108 Å². The van der Waals surface area contributed by atoms with E-state index in [0.717, 1.165) is 26.5 Å². The molecule has 0 aliphatic carbocycles. The average Bonchev–Trinajstić information content (AvgIpc) is 2.89. The molecule has 2 N–H and O–H groups in total. The van der Waals surface area contributed by atoms with Crippen LogP contribution >= 0.6 is 15.9 Å². The van der Waals surface area contributed by atoms with Gasteiger partial charge in [0.1, 0.15) is 0 Å². The van der Waals surface area contributed by atoms with Gasteiger partial charge in [-0.1, -0.05) is 70.5 Å². The molecule has 5 rings (SSSR count). The molecule has 0 bridgehead atoms. The standard InChI is InChI=1S/C30H22BrN3O2/c1-19-7-5-12-25-26(18-27(34-28(19)25)20-13-15-22(31)16-14-20)30(36)33-24-11-6-8-21(17-24)29(35)32-23-9-3-2-4-10-23/h2-18H,1H3,(H,32,35)(H,33,36). The smallest absolute Gasteiger partial charge is 0.256 e. The van der Waals surface area contributed by atoms with Crippen molar-refractivity contribution in [2.75, 3.05) is 10.6 Å². The molecule has 0 aliphatic rings. The van der Waals surface area contributed by atoms with E-state index in [4.69, 9.17) is 4.98 Å². The Balaban J connectivity index is 1.47. The number of nitrogens with one attached hydrogen (secondary N) is 2. The van der Waals surface area contributed by atoms with E-state index in [-0.39, 0.29) is 11.8 Å². The highest BCUT2D eigenvalue weighted by atomic mass is 79.9. The predicted octanol–water partition coefficient (Wildman–Crippen LogP) is 7.48. The normalized spacial score (nSPS) is 10.7. The molecule has 5 nitrogen and oxygen atoms in total. The summed E-state index contributed by atoms with van der Waals surface area (Å²) >= 11 is 3.47. The minimum absolute atomic E-state index is 0.250. The lowest BCUT2D eigenvalue weighted by Gasteiger charge is -2.13. The molecule has 176 valence electrons. The summed E-state index contributed by atoms with van der Waals surface area (Å²) in [5.74, 6) is -0.521. The van der Waals surface area contributed by atoms with Crippen LogP contribution in [0.2, 0.25) is 0 Å². The molecule has 0 atom stereocenters. The summed E-state index contributed by atoms with van der Waals surface area (Å²) in [4.78, 5) is 31.1. The van der Waals surface area contributed by atoms with Crippen molar-refractivity contribution in [2.24, 2.45) is 0 Å². The molecule has 0 radical (unpaired) electrons. The molecule has 2 amide bonds. The Morgan fingerprint density at radius 3 is 2.19 bits per heavy atom. The molecule has 0 unspecified atom stereocenters. The van der Waals surface area contributed by atoms with E-state index < -0.39 is 0 Å². The van der Waals surface area contributed by atoms with Crippen LogP contribution in [0, 0.1) is 6.92 Å². The van der Waals surface area contributed by atoms with Crippen LogP contribution in [0.1, 0.15) is 26.3 Å². The lowest BCUT2D eigenvalue weighted by atomic mass is 10.0. The van der Waals surface area contributed by atoms with E-state index in [0.29, 0.717) is 28.2 Å². The quantitative estimate of drug-likeness (QED) is 0.245. The number of amides is 2. The molecular formula is C30H22BrN3O2. The first-order valence-electron chi connectivity index (χ1n) is 11.4. The summed E-state index contributed by atoms with van der Waals surface area (Å²) in [7, 11) is 0. The van der Waals surface area contributed by atoms with Crippen LogP contribution in [-0.4, -0.2) is 16.8 Å². The first kappa shape index (κ1) is 23.5. The Kier molecular flexibility index (Phi) is 6.60. The first-order valence-corrected chi connectivity index (χ1v) is 12.2. The fraction of sp³-hybridized carbons (Fsp3) is 0.0333. The van der Waals surface area contributed by atoms with Gasteiger partial charge >= 0.3 is 0 Å². The number of halogens is 1. The van der Waals surface area contributed by atoms with Crippen molar-refractivity contribution in [3.05, 3.63) is 124 Å². The van der Waals surface area contributed by atoms with Crippen LogP contribution in [0.3, 0.4) is 0 Å². The Hall–Kier alpha value is -4.29. The fourth-order valence-corrected chi connectivity index (χ4v) is 4.27. The second-order valence-corrected chi connectivity index (χ2v) is 9.30. The molecule has 0 saturated heterocycles. The maximum absolute atomic E-state index is 13.5. The van der Waals surface area contributed by atoms with E-state index in [1.54, 1.807) is 24.3 Å². The van der Waals surface area contributed by atoms with Crippen molar-refractivity contribution < 1.29 is 9.59 Å². The molecule has 36 heavy (non-hydrogen) atoms. The van der Waals surface area contributed by atoms with Crippen LogP contribution in [0.4, 0.5) is 11.4 Å². The van der Waals surface area contributed by atoms with E-state index in [9.17, 15) is 9.59 Å². The number of benzene rings is 4. The first-order chi connectivity index (χ1) is 17.5. The Labute approximate surface area is 217 Å². The SMILES string of the molecule is Cc1cccc2c(C(=O)Nc3cccc(C(=O)Nc4ccccc4)c3)cc(-c3ccc(Br)cc3)nc12.